The predicted molar refractivity (Wildman–Crippen MR) is 86.5 cm³/mol. The van der Waals surface area contributed by atoms with Crippen molar-refractivity contribution in [2.75, 3.05) is 4.90 Å². The summed E-state index contributed by atoms with van der Waals surface area (Å²) in [6.45, 7) is 4.25. The third-order valence-electron chi connectivity index (χ3n) is 4.47. The molecule has 1 spiro atoms. The van der Waals surface area contributed by atoms with Crippen LogP contribution in [0.1, 0.15) is 17.5 Å². The number of benzene rings is 2. The molecule has 0 N–H and O–H groups in total. The average Bonchev–Trinajstić information content (AvgIpc) is 3.13. The van der Waals surface area contributed by atoms with E-state index in [-0.39, 0.29) is 12.0 Å². The average molecular weight is 307 g/mol. The summed E-state index contributed by atoms with van der Waals surface area (Å²) in [5.74, 6) is -0.0769. The molecule has 2 aliphatic rings. The number of hydrogen-bond acceptors (Lipinski definition) is 3. The van der Waals surface area contributed by atoms with Crippen LogP contribution in [0.2, 0.25) is 0 Å². The molecule has 1 amide bonds. The summed E-state index contributed by atoms with van der Waals surface area (Å²) in [6.07, 6.45) is 1.85. The summed E-state index contributed by atoms with van der Waals surface area (Å²) in [5.41, 5.74) is 1.77. The van der Waals surface area contributed by atoms with Crippen LogP contribution in [0.15, 0.2) is 67.3 Å². The molecular weight excluding hydrogens is 290 g/mol. The first-order valence-electron chi connectivity index (χ1n) is 7.67. The number of para-hydroxylation sites is 1. The molecule has 0 bridgehead atoms. The van der Waals surface area contributed by atoms with Crippen molar-refractivity contribution in [1.29, 1.82) is 0 Å². The van der Waals surface area contributed by atoms with Crippen LogP contribution in [0.4, 0.5) is 5.69 Å². The summed E-state index contributed by atoms with van der Waals surface area (Å²) in [5, 5.41) is 0. The van der Waals surface area contributed by atoms with E-state index in [1.54, 1.807) is 11.0 Å². The fourth-order valence-corrected chi connectivity index (χ4v) is 3.31. The number of amides is 1. The molecule has 0 unspecified atom stereocenters. The maximum absolute atomic E-state index is 13.1. The molecule has 1 saturated heterocycles. The van der Waals surface area contributed by atoms with Gasteiger partial charge in [0.15, 0.2) is 0 Å². The van der Waals surface area contributed by atoms with Crippen molar-refractivity contribution in [3.05, 3.63) is 78.4 Å². The Hall–Kier alpha value is -2.43. The molecule has 116 valence electrons. The molecule has 0 saturated carbocycles. The number of carbonyl (C=O) groups is 1. The van der Waals surface area contributed by atoms with Gasteiger partial charge in [-0.15, -0.1) is 6.58 Å². The van der Waals surface area contributed by atoms with Crippen molar-refractivity contribution >= 4 is 11.6 Å². The van der Waals surface area contributed by atoms with E-state index in [4.69, 9.17) is 9.78 Å². The molecule has 4 nitrogen and oxygen atoms in total. The monoisotopic (exact) mass is 307 g/mol. The van der Waals surface area contributed by atoms with E-state index < -0.39 is 5.60 Å². The molecule has 0 aliphatic carbocycles. The van der Waals surface area contributed by atoms with Gasteiger partial charge in [0.05, 0.1) is 12.2 Å². The van der Waals surface area contributed by atoms with Crippen LogP contribution in [0.3, 0.4) is 0 Å². The molecule has 0 aromatic heterocycles. The Kier molecular flexibility index (Phi) is 3.29. The normalized spacial score (nSPS) is 25.8. The van der Waals surface area contributed by atoms with Gasteiger partial charge in [-0.25, -0.2) is 9.78 Å². The van der Waals surface area contributed by atoms with Gasteiger partial charge in [0.2, 0.25) is 5.60 Å². The second kappa shape index (κ2) is 5.33. The van der Waals surface area contributed by atoms with Crippen LogP contribution >= 0.6 is 0 Å². The Labute approximate surface area is 134 Å². The number of carbonyl (C=O) groups excluding carboxylic acids is 1. The van der Waals surface area contributed by atoms with Gasteiger partial charge in [-0.1, -0.05) is 54.6 Å². The minimum absolute atomic E-state index is 0.0769. The first kappa shape index (κ1) is 14.2. The zero-order valence-corrected chi connectivity index (χ0v) is 12.6. The van der Waals surface area contributed by atoms with Crippen LogP contribution in [0.5, 0.6) is 0 Å². The SMILES string of the molecule is C=C[C@H]1C[C@]2(OO1)C(=O)N(Cc1ccccc1)c1ccccc12. The van der Waals surface area contributed by atoms with Crippen molar-refractivity contribution in [3.8, 4) is 0 Å². The predicted octanol–water partition coefficient (Wildman–Crippen LogP) is 3.34. The van der Waals surface area contributed by atoms with E-state index in [1.165, 1.54) is 0 Å². The maximum Gasteiger partial charge on any atom is 0.267 e. The molecule has 4 rings (SSSR count). The van der Waals surface area contributed by atoms with Crippen LogP contribution in [0, 0.1) is 0 Å². The van der Waals surface area contributed by atoms with E-state index in [2.05, 4.69) is 6.58 Å². The second-order valence-corrected chi connectivity index (χ2v) is 5.88. The fraction of sp³-hybridized carbons (Fsp3) is 0.211. The molecule has 2 aromatic rings. The van der Waals surface area contributed by atoms with E-state index in [9.17, 15) is 4.79 Å². The van der Waals surface area contributed by atoms with Gasteiger partial charge in [0, 0.05) is 12.0 Å². The quantitative estimate of drug-likeness (QED) is 0.645. The van der Waals surface area contributed by atoms with Crippen LogP contribution < -0.4 is 4.90 Å². The molecule has 2 heterocycles. The Bertz CT molecular complexity index is 758. The summed E-state index contributed by atoms with van der Waals surface area (Å²) in [7, 11) is 0. The summed E-state index contributed by atoms with van der Waals surface area (Å²) < 4.78 is 0. The third kappa shape index (κ3) is 2.11. The number of hydrogen-bond donors (Lipinski definition) is 0. The van der Waals surface area contributed by atoms with Gasteiger partial charge in [-0.05, 0) is 11.6 Å². The Morgan fingerprint density at radius 1 is 1.17 bits per heavy atom. The molecule has 2 aliphatic heterocycles. The highest BCUT2D eigenvalue weighted by molar-refractivity contribution is 6.07. The third-order valence-corrected chi connectivity index (χ3v) is 4.47. The zero-order chi connectivity index (χ0) is 15.9. The molecule has 4 heteroatoms. The molecule has 2 atom stereocenters. The van der Waals surface area contributed by atoms with Crippen molar-refractivity contribution in [3.63, 3.8) is 0 Å². The Morgan fingerprint density at radius 2 is 1.91 bits per heavy atom. The van der Waals surface area contributed by atoms with E-state index in [1.807, 2.05) is 54.6 Å². The lowest BCUT2D eigenvalue weighted by molar-refractivity contribution is -0.313. The highest BCUT2D eigenvalue weighted by Crippen LogP contribution is 2.49. The number of fused-ring (bicyclic) bond motifs is 2. The van der Waals surface area contributed by atoms with Gasteiger partial charge < -0.3 is 4.90 Å². The van der Waals surface area contributed by atoms with Crippen molar-refractivity contribution < 1.29 is 14.6 Å². The molecular formula is C19H17NO3. The van der Waals surface area contributed by atoms with Crippen LogP contribution in [0.25, 0.3) is 0 Å². The largest absolute Gasteiger partial charge is 0.305 e. The first-order chi connectivity index (χ1) is 11.2. The van der Waals surface area contributed by atoms with Gasteiger partial charge >= 0.3 is 0 Å². The minimum Gasteiger partial charge on any atom is -0.305 e. The first-order valence-corrected chi connectivity index (χ1v) is 7.67. The fourth-order valence-electron chi connectivity index (χ4n) is 3.31. The molecule has 0 radical (unpaired) electrons. The standard InChI is InChI=1S/C19H17NO3/c1-2-15-12-19(23-22-15)16-10-6-7-11-17(16)20(18(19)21)13-14-8-4-3-5-9-14/h2-11,15H,1,12-13H2/t15-,19+/m0/s1. The zero-order valence-electron chi connectivity index (χ0n) is 12.6. The van der Waals surface area contributed by atoms with Crippen LogP contribution in [-0.2, 0) is 26.7 Å². The summed E-state index contributed by atoms with van der Waals surface area (Å²) >= 11 is 0. The minimum atomic E-state index is -1.05. The molecule has 1 fully saturated rings. The number of rotatable bonds is 3. The Morgan fingerprint density at radius 3 is 2.65 bits per heavy atom. The topological polar surface area (TPSA) is 38.8 Å². The highest BCUT2D eigenvalue weighted by atomic mass is 17.2. The van der Waals surface area contributed by atoms with Crippen molar-refractivity contribution in [1.82, 2.24) is 0 Å². The molecule has 23 heavy (non-hydrogen) atoms. The van der Waals surface area contributed by atoms with E-state index in [0.29, 0.717) is 13.0 Å². The highest BCUT2D eigenvalue weighted by Gasteiger charge is 2.57. The van der Waals surface area contributed by atoms with Gasteiger partial charge in [-0.2, -0.15) is 0 Å². The van der Waals surface area contributed by atoms with E-state index >= 15 is 0 Å². The smallest absolute Gasteiger partial charge is 0.267 e. The summed E-state index contributed by atoms with van der Waals surface area (Å²) in [4.78, 5) is 25.8. The van der Waals surface area contributed by atoms with Gasteiger partial charge in [-0.3, -0.25) is 4.79 Å². The lowest BCUT2D eigenvalue weighted by Gasteiger charge is -2.21. The molecule has 2 aromatic carbocycles. The van der Waals surface area contributed by atoms with Crippen molar-refractivity contribution in [2.24, 2.45) is 0 Å². The second-order valence-electron chi connectivity index (χ2n) is 5.88. The number of nitrogens with zero attached hydrogens (tertiary/aromatic N) is 1. The van der Waals surface area contributed by atoms with Crippen molar-refractivity contribution in [2.45, 2.75) is 24.7 Å². The van der Waals surface area contributed by atoms with Crippen LogP contribution in [-0.4, -0.2) is 12.0 Å². The van der Waals surface area contributed by atoms with Gasteiger partial charge in [0.25, 0.3) is 5.91 Å². The van der Waals surface area contributed by atoms with E-state index in [0.717, 1.165) is 16.8 Å². The van der Waals surface area contributed by atoms with Gasteiger partial charge in [0.1, 0.15) is 6.10 Å². The maximum atomic E-state index is 13.1. The Balaban J connectivity index is 1.75. The summed E-state index contributed by atoms with van der Waals surface area (Å²) in [6, 6.07) is 17.7. The lowest BCUT2D eigenvalue weighted by atomic mass is 9.90. The number of anilines is 1. The lowest BCUT2D eigenvalue weighted by Crippen LogP contribution is -2.39.